The number of halogens is 3. The molecule has 3 aromatic rings. The highest BCUT2D eigenvalue weighted by Crippen LogP contribution is 2.32. The van der Waals surface area contributed by atoms with Gasteiger partial charge in [0.05, 0.1) is 4.47 Å². The van der Waals surface area contributed by atoms with Gasteiger partial charge in [-0.1, -0.05) is 0 Å². The van der Waals surface area contributed by atoms with Crippen molar-refractivity contribution in [2.24, 2.45) is 0 Å². The van der Waals surface area contributed by atoms with Gasteiger partial charge in [0.1, 0.15) is 23.0 Å². The topological polar surface area (TPSA) is 80.5 Å². The maximum absolute atomic E-state index is 13.9. The third-order valence-electron chi connectivity index (χ3n) is 2.79. The van der Waals surface area contributed by atoms with Crippen molar-refractivity contribution in [1.29, 1.82) is 0 Å². The van der Waals surface area contributed by atoms with Gasteiger partial charge in [-0.2, -0.15) is 10.3 Å². The number of nitrogens with one attached hydrogen (secondary N) is 1. The van der Waals surface area contributed by atoms with E-state index in [0.717, 1.165) is 0 Å². The van der Waals surface area contributed by atoms with E-state index in [9.17, 15) is 8.78 Å². The Hall–Kier alpha value is -1.74. The first-order chi connectivity index (χ1) is 10.1. The van der Waals surface area contributed by atoms with Gasteiger partial charge in [0, 0.05) is 16.2 Å². The molecule has 0 bridgehead atoms. The third kappa shape index (κ3) is 2.70. The number of nitrogens with two attached hydrogens (primary N) is 1. The second kappa shape index (κ2) is 5.57. The van der Waals surface area contributed by atoms with E-state index in [-0.39, 0.29) is 21.6 Å². The van der Waals surface area contributed by atoms with Gasteiger partial charge in [0.2, 0.25) is 5.65 Å². The lowest BCUT2D eigenvalue weighted by Crippen LogP contribution is -1.96. The molecule has 0 aliphatic carbocycles. The van der Waals surface area contributed by atoms with Crippen LogP contribution in [0.3, 0.4) is 0 Å². The van der Waals surface area contributed by atoms with Crippen LogP contribution in [0.1, 0.15) is 5.56 Å². The quantitative estimate of drug-likeness (QED) is 0.545. The van der Waals surface area contributed by atoms with E-state index >= 15 is 0 Å². The zero-order valence-corrected chi connectivity index (χ0v) is 12.8. The van der Waals surface area contributed by atoms with Crippen molar-refractivity contribution in [3.8, 4) is 0 Å². The Balaban J connectivity index is 1.94. The molecular formula is C12H8BrF2N5S. The average molecular weight is 372 g/mol. The second-order valence-corrected chi connectivity index (χ2v) is 6.02. The molecule has 0 unspecified atom stereocenters. The maximum Gasteiger partial charge on any atom is 0.204 e. The summed E-state index contributed by atoms with van der Waals surface area (Å²) in [5.74, 6) is -0.834. The zero-order valence-electron chi connectivity index (χ0n) is 10.4. The number of benzene rings is 1. The predicted octanol–water partition coefficient (Wildman–Crippen LogP) is 3.27. The molecule has 0 saturated heterocycles. The highest BCUT2D eigenvalue weighted by Gasteiger charge is 2.15. The van der Waals surface area contributed by atoms with Crippen LogP contribution in [0, 0.1) is 11.6 Å². The van der Waals surface area contributed by atoms with E-state index in [1.54, 1.807) is 6.07 Å². The molecule has 108 valence electrons. The van der Waals surface area contributed by atoms with E-state index in [1.165, 1.54) is 23.9 Å². The number of nitrogens with zero attached hydrogens (tertiary/aromatic N) is 3. The molecule has 0 saturated carbocycles. The monoisotopic (exact) mass is 371 g/mol. The first-order valence-corrected chi connectivity index (χ1v) is 7.56. The molecule has 3 N–H and O–H groups in total. The van der Waals surface area contributed by atoms with E-state index in [1.807, 2.05) is 0 Å². The number of aromatic nitrogens is 4. The molecule has 0 spiro atoms. The molecule has 2 heterocycles. The third-order valence-corrected chi connectivity index (χ3v) is 4.46. The first kappa shape index (κ1) is 14.2. The predicted molar refractivity (Wildman–Crippen MR) is 79.7 cm³/mol. The summed E-state index contributed by atoms with van der Waals surface area (Å²) in [6.45, 7) is 0. The molecule has 9 heteroatoms. The van der Waals surface area contributed by atoms with Crippen molar-refractivity contribution in [3.63, 3.8) is 0 Å². The molecule has 5 nitrogen and oxygen atoms in total. The molecular weight excluding hydrogens is 364 g/mol. The summed E-state index contributed by atoms with van der Waals surface area (Å²) in [4.78, 5) is 4.66. The van der Waals surface area contributed by atoms with Gasteiger partial charge in [-0.25, -0.2) is 13.8 Å². The summed E-state index contributed by atoms with van der Waals surface area (Å²) in [7, 11) is 0. The van der Waals surface area contributed by atoms with Gasteiger partial charge in [-0.3, -0.25) is 0 Å². The molecule has 0 amide bonds. The van der Waals surface area contributed by atoms with Crippen LogP contribution in [-0.4, -0.2) is 20.4 Å². The van der Waals surface area contributed by atoms with Crippen molar-refractivity contribution in [1.82, 2.24) is 20.4 Å². The SMILES string of the molecule is Nc1cc(SCc2c(F)ccc(Br)c2F)c2n[nH]nc2n1. The summed E-state index contributed by atoms with van der Waals surface area (Å²) in [6.07, 6.45) is 0. The summed E-state index contributed by atoms with van der Waals surface area (Å²) in [5, 5.41) is 10.3. The largest absolute Gasteiger partial charge is 0.384 e. The van der Waals surface area contributed by atoms with Gasteiger partial charge in [-0.15, -0.1) is 16.9 Å². The van der Waals surface area contributed by atoms with Crippen molar-refractivity contribution < 1.29 is 8.78 Å². The van der Waals surface area contributed by atoms with Crippen LogP contribution in [-0.2, 0) is 5.75 Å². The Bertz CT molecular complexity index is 823. The van der Waals surface area contributed by atoms with Gasteiger partial charge < -0.3 is 5.73 Å². The normalized spacial score (nSPS) is 11.2. The second-order valence-electron chi connectivity index (χ2n) is 4.15. The smallest absolute Gasteiger partial charge is 0.204 e. The van der Waals surface area contributed by atoms with Gasteiger partial charge in [0.15, 0.2) is 0 Å². The van der Waals surface area contributed by atoms with Crippen LogP contribution in [0.5, 0.6) is 0 Å². The van der Waals surface area contributed by atoms with E-state index in [4.69, 9.17) is 5.73 Å². The van der Waals surface area contributed by atoms with Crippen LogP contribution in [0.25, 0.3) is 11.2 Å². The Morgan fingerprint density at radius 2 is 2.10 bits per heavy atom. The average Bonchev–Trinajstić information content (AvgIpc) is 2.91. The summed E-state index contributed by atoms with van der Waals surface area (Å²) in [6, 6.07) is 4.15. The Kier molecular flexibility index (Phi) is 3.77. The zero-order chi connectivity index (χ0) is 15.0. The molecule has 2 aromatic heterocycles. The van der Waals surface area contributed by atoms with Gasteiger partial charge >= 0.3 is 0 Å². The maximum atomic E-state index is 13.9. The highest BCUT2D eigenvalue weighted by atomic mass is 79.9. The van der Waals surface area contributed by atoms with Gasteiger partial charge in [-0.05, 0) is 34.1 Å². The van der Waals surface area contributed by atoms with Crippen LogP contribution in [0.2, 0.25) is 0 Å². The molecule has 21 heavy (non-hydrogen) atoms. The van der Waals surface area contributed by atoms with Crippen molar-refractivity contribution in [3.05, 3.63) is 39.9 Å². The van der Waals surface area contributed by atoms with Crippen molar-refractivity contribution in [2.75, 3.05) is 5.73 Å². The fourth-order valence-electron chi connectivity index (χ4n) is 1.79. The molecule has 0 atom stereocenters. The highest BCUT2D eigenvalue weighted by molar-refractivity contribution is 9.10. The molecule has 1 aromatic carbocycles. The standard InChI is InChI=1S/C12H8BrF2N5S/c13-6-1-2-7(14)5(10(6)15)4-21-8-3-9(16)17-12-11(8)18-20-19-12/h1-3H,4H2,(H3,16,17,18,19,20). The van der Waals surface area contributed by atoms with Crippen molar-refractivity contribution >= 4 is 44.7 Å². The first-order valence-electron chi connectivity index (χ1n) is 5.78. The van der Waals surface area contributed by atoms with E-state index < -0.39 is 11.6 Å². The summed E-state index contributed by atoms with van der Waals surface area (Å²) >= 11 is 4.26. The van der Waals surface area contributed by atoms with E-state index in [0.29, 0.717) is 16.1 Å². The fourth-order valence-corrected chi connectivity index (χ4v) is 3.20. The number of hydrogen-bond acceptors (Lipinski definition) is 5. The molecule has 0 fully saturated rings. The minimum Gasteiger partial charge on any atom is -0.384 e. The molecule has 3 rings (SSSR count). The van der Waals surface area contributed by atoms with Crippen LogP contribution in [0.4, 0.5) is 14.6 Å². The minimum absolute atomic E-state index is 0.0126. The van der Waals surface area contributed by atoms with Crippen LogP contribution in [0.15, 0.2) is 27.6 Å². The lowest BCUT2D eigenvalue weighted by atomic mass is 10.2. The molecule has 0 aliphatic rings. The number of fused-ring (bicyclic) bond motifs is 1. The Labute approximate surface area is 130 Å². The summed E-state index contributed by atoms with van der Waals surface area (Å²) in [5.41, 5.74) is 6.55. The minimum atomic E-state index is -0.610. The number of anilines is 1. The van der Waals surface area contributed by atoms with Crippen LogP contribution >= 0.6 is 27.7 Å². The number of H-pyrrole nitrogens is 1. The molecule has 0 aliphatic heterocycles. The fraction of sp³-hybridized carbons (Fsp3) is 0.0833. The lowest BCUT2D eigenvalue weighted by Gasteiger charge is -2.07. The van der Waals surface area contributed by atoms with Gasteiger partial charge in [0.25, 0.3) is 0 Å². The summed E-state index contributed by atoms with van der Waals surface area (Å²) < 4.78 is 27.9. The number of aromatic amines is 1. The number of hydrogen-bond donors (Lipinski definition) is 2. The number of thioether (sulfide) groups is 1. The number of rotatable bonds is 3. The Morgan fingerprint density at radius 3 is 2.90 bits per heavy atom. The number of nitrogen functional groups attached to an aromatic ring is 1. The lowest BCUT2D eigenvalue weighted by molar-refractivity contribution is 0.562. The van der Waals surface area contributed by atoms with E-state index in [2.05, 4.69) is 36.3 Å². The van der Waals surface area contributed by atoms with Crippen molar-refractivity contribution in [2.45, 2.75) is 10.6 Å². The molecule has 0 radical (unpaired) electrons. The Morgan fingerprint density at radius 1 is 1.29 bits per heavy atom. The van der Waals surface area contributed by atoms with Crippen LogP contribution < -0.4 is 5.73 Å². The number of pyridine rings is 1.